The number of carbonyl (C=O) groups excluding carboxylic acids is 1. The van der Waals surface area contributed by atoms with Gasteiger partial charge in [-0.15, -0.1) is 11.3 Å². The molecule has 0 aliphatic rings. The number of nitrogens with two attached hydrogens (primary N) is 2. The molecule has 114 valence electrons. The molecule has 0 saturated carbocycles. The fourth-order valence-electron chi connectivity index (χ4n) is 1.45. The second-order valence-electron chi connectivity index (χ2n) is 4.20. The highest BCUT2D eigenvalue weighted by atomic mass is 32.2. The molecule has 1 aromatic rings. The topological polar surface area (TPSA) is 149 Å². The quantitative estimate of drug-likeness (QED) is 0.618. The van der Waals surface area contributed by atoms with E-state index in [9.17, 15) is 21.6 Å². The van der Waals surface area contributed by atoms with Crippen molar-refractivity contribution >= 4 is 47.6 Å². The second kappa shape index (κ2) is 5.58. The van der Waals surface area contributed by atoms with Crippen LogP contribution in [-0.2, 0) is 19.7 Å². The first kappa shape index (κ1) is 16.7. The normalized spacial score (nSPS) is 12.3. The zero-order valence-corrected chi connectivity index (χ0v) is 13.3. The molecule has 0 atom stereocenters. The monoisotopic (exact) mass is 341 g/mol. The Balaban J connectivity index is 3.19. The molecule has 1 aromatic heterocycles. The van der Waals surface area contributed by atoms with Gasteiger partial charge in [-0.3, -0.25) is 4.79 Å². The number of hydrogen-bond acceptors (Lipinski definition) is 8. The standard InChI is InChI=1S/C9H15N3O5S3/c1-19(14,15)4-3-12-9-7(20(2,16)17)5(10)6(18-9)8(11)13/h12H,3-4,10H2,1-2H3,(H2,11,13). The molecule has 20 heavy (non-hydrogen) atoms. The third kappa shape index (κ3) is 4.08. The second-order valence-corrected chi connectivity index (χ2v) is 9.43. The molecule has 0 bridgehead atoms. The number of primary amides is 1. The van der Waals surface area contributed by atoms with Crippen LogP contribution in [0.2, 0.25) is 0 Å². The SMILES string of the molecule is CS(=O)(=O)CCNc1sc(C(N)=O)c(N)c1S(C)(=O)=O. The van der Waals surface area contributed by atoms with Crippen LogP contribution in [0.5, 0.6) is 0 Å². The highest BCUT2D eigenvalue weighted by Crippen LogP contribution is 2.38. The van der Waals surface area contributed by atoms with Gasteiger partial charge in [-0.2, -0.15) is 0 Å². The van der Waals surface area contributed by atoms with E-state index in [1.807, 2.05) is 0 Å². The lowest BCUT2D eigenvalue weighted by Gasteiger charge is -2.05. The number of sulfone groups is 2. The molecule has 0 aliphatic carbocycles. The van der Waals surface area contributed by atoms with E-state index < -0.39 is 25.6 Å². The van der Waals surface area contributed by atoms with Crippen molar-refractivity contribution in [1.82, 2.24) is 0 Å². The molecule has 0 aliphatic heterocycles. The highest BCUT2D eigenvalue weighted by Gasteiger charge is 2.26. The Morgan fingerprint density at radius 3 is 2.20 bits per heavy atom. The van der Waals surface area contributed by atoms with Crippen molar-refractivity contribution in [3.8, 4) is 0 Å². The maximum atomic E-state index is 11.7. The summed E-state index contributed by atoms with van der Waals surface area (Å²) in [6, 6.07) is 0. The third-order valence-electron chi connectivity index (χ3n) is 2.25. The third-order valence-corrected chi connectivity index (χ3v) is 5.67. The van der Waals surface area contributed by atoms with Crippen LogP contribution in [0.25, 0.3) is 0 Å². The van der Waals surface area contributed by atoms with E-state index >= 15 is 0 Å². The van der Waals surface area contributed by atoms with Gasteiger partial charge >= 0.3 is 0 Å². The van der Waals surface area contributed by atoms with Gasteiger partial charge in [0, 0.05) is 19.1 Å². The van der Waals surface area contributed by atoms with Crippen molar-refractivity contribution in [1.29, 1.82) is 0 Å². The number of nitrogens with one attached hydrogen (secondary N) is 1. The molecule has 0 fully saturated rings. The van der Waals surface area contributed by atoms with Gasteiger partial charge in [0.25, 0.3) is 5.91 Å². The molecular weight excluding hydrogens is 326 g/mol. The summed E-state index contributed by atoms with van der Waals surface area (Å²) < 4.78 is 45.4. The van der Waals surface area contributed by atoms with Gasteiger partial charge < -0.3 is 16.8 Å². The minimum absolute atomic E-state index is 0.000488. The molecule has 8 nitrogen and oxygen atoms in total. The summed E-state index contributed by atoms with van der Waals surface area (Å²) in [5.41, 5.74) is 10.5. The number of anilines is 2. The fourth-order valence-corrected chi connectivity index (χ4v) is 4.37. The van der Waals surface area contributed by atoms with Crippen molar-refractivity contribution in [3.05, 3.63) is 4.88 Å². The average molecular weight is 341 g/mol. The smallest absolute Gasteiger partial charge is 0.261 e. The number of rotatable bonds is 6. The lowest BCUT2D eigenvalue weighted by Crippen LogP contribution is -2.15. The van der Waals surface area contributed by atoms with Crippen molar-refractivity contribution in [3.63, 3.8) is 0 Å². The first-order chi connectivity index (χ1) is 8.93. The fraction of sp³-hybridized carbons (Fsp3) is 0.444. The minimum Gasteiger partial charge on any atom is -0.396 e. The van der Waals surface area contributed by atoms with Crippen LogP contribution >= 0.6 is 11.3 Å². The number of amides is 1. The predicted molar refractivity (Wildman–Crippen MR) is 78.6 cm³/mol. The van der Waals surface area contributed by atoms with Crippen LogP contribution in [0.15, 0.2) is 4.90 Å². The zero-order valence-electron chi connectivity index (χ0n) is 10.8. The Morgan fingerprint density at radius 2 is 1.80 bits per heavy atom. The Labute approximate surface area is 121 Å². The Hall–Kier alpha value is -1.33. The zero-order chi connectivity index (χ0) is 15.7. The molecule has 0 saturated heterocycles. The Bertz CT molecular complexity index is 733. The van der Waals surface area contributed by atoms with Crippen molar-refractivity contribution in [2.45, 2.75) is 4.90 Å². The molecule has 1 amide bonds. The van der Waals surface area contributed by atoms with E-state index in [0.717, 1.165) is 23.8 Å². The van der Waals surface area contributed by atoms with Gasteiger partial charge in [0.15, 0.2) is 9.84 Å². The first-order valence-corrected chi connectivity index (χ1v) is 10.0. The Kier molecular flexibility index (Phi) is 4.66. The van der Waals surface area contributed by atoms with Crippen LogP contribution in [0, 0.1) is 0 Å². The van der Waals surface area contributed by atoms with Crippen LogP contribution < -0.4 is 16.8 Å². The molecule has 1 heterocycles. The molecule has 11 heteroatoms. The highest BCUT2D eigenvalue weighted by molar-refractivity contribution is 7.91. The van der Waals surface area contributed by atoms with E-state index in [4.69, 9.17) is 11.5 Å². The molecule has 0 aromatic carbocycles. The van der Waals surface area contributed by atoms with Crippen molar-refractivity contribution in [2.24, 2.45) is 5.73 Å². The van der Waals surface area contributed by atoms with Gasteiger partial charge in [0.2, 0.25) is 0 Å². The summed E-state index contributed by atoms with van der Waals surface area (Å²) in [5.74, 6) is -1.02. The van der Waals surface area contributed by atoms with Crippen LogP contribution in [0.3, 0.4) is 0 Å². The van der Waals surface area contributed by atoms with Gasteiger partial charge in [0.1, 0.15) is 24.6 Å². The molecule has 5 N–H and O–H groups in total. The van der Waals surface area contributed by atoms with Crippen molar-refractivity contribution < 1.29 is 21.6 Å². The summed E-state index contributed by atoms with van der Waals surface area (Å²) in [7, 11) is -6.87. The summed E-state index contributed by atoms with van der Waals surface area (Å²) in [6.45, 7) is -0.000488. The Morgan fingerprint density at radius 1 is 1.25 bits per heavy atom. The van der Waals surface area contributed by atoms with Gasteiger partial charge in [-0.05, 0) is 0 Å². The van der Waals surface area contributed by atoms with Gasteiger partial charge in [-0.25, -0.2) is 16.8 Å². The number of thiophene rings is 1. The lowest BCUT2D eigenvalue weighted by molar-refractivity contribution is 0.100. The van der Waals surface area contributed by atoms with E-state index in [1.165, 1.54) is 0 Å². The lowest BCUT2D eigenvalue weighted by atomic mass is 10.4. The van der Waals surface area contributed by atoms with Gasteiger partial charge in [0.05, 0.1) is 11.4 Å². The summed E-state index contributed by atoms with van der Waals surface area (Å²) in [4.78, 5) is 10.9. The summed E-state index contributed by atoms with van der Waals surface area (Å²) in [6.07, 6.45) is 2.00. The predicted octanol–water partition coefficient (Wildman–Crippen LogP) is -0.711. The molecular formula is C9H15N3O5S3. The van der Waals surface area contributed by atoms with Crippen LogP contribution in [0.1, 0.15) is 9.67 Å². The molecule has 0 radical (unpaired) electrons. The number of hydrogen-bond donors (Lipinski definition) is 3. The summed E-state index contributed by atoms with van der Waals surface area (Å²) in [5, 5.41) is 2.78. The van der Waals surface area contributed by atoms with E-state index in [-0.39, 0.29) is 32.8 Å². The maximum absolute atomic E-state index is 11.7. The van der Waals surface area contributed by atoms with Gasteiger partial charge in [-0.1, -0.05) is 0 Å². The summed E-state index contributed by atoms with van der Waals surface area (Å²) >= 11 is 0.787. The van der Waals surface area contributed by atoms with E-state index in [1.54, 1.807) is 0 Å². The maximum Gasteiger partial charge on any atom is 0.261 e. The number of nitrogen functional groups attached to an aromatic ring is 1. The molecule has 0 unspecified atom stereocenters. The minimum atomic E-state index is -3.68. The average Bonchev–Trinajstić information content (AvgIpc) is 2.52. The first-order valence-electron chi connectivity index (χ1n) is 5.27. The molecule has 0 spiro atoms. The van der Waals surface area contributed by atoms with Crippen LogP contribution in [-0.4, -0.2) is 47.6 Å². The largest absolute Gasteiger partial charge is 0.396 e. The van der Waals surface area contributed by atoms with Crippen molar-refractivity contribution in [2.75, 3.05) is 35.9 Å². The molecule has 1 rings (SSSR count). The van der Waals surface area contributed by atoms with E-state index in [2.05, 4.69) is 5.32 Å². The van der Waals surface area contributed by atoms with E-state index in [0.29, 0.717) is 0 Å². The number of carbonyl (C=O) groups is 1. The van der Waals surface area contributed by atoms with Crippen LogP contribution in [0.4, 0.5) is 10.7 Å².